The number of ether oxygens (including phenoxy) is 2. The van der Waals surface area contributed by atoms with Crippen LogP contribution in [0.1, 0.15) is 24.3 Å². The number of carbonyl (C=O) groups excluding carboxylic acids is 1. The van der Waals surface area contributed by atoms with Crippen molar-refractivity contribution in [2.45, 2.75) is 31.0 Å². The highest BCUT2D eigenvalue weighted by atomic mass is 32.2. The molecule has 0 spiro atoms. The molecule has 1 aromatic rings. The lowest BCUT2D eigenvalue weighted by molar-refractivity contribution is -0.157. The molecular weight excluding hydrogens is 303 g/mol. The third-order valence-corrected chi connectivity index (χ3v) is 3.72. The van der Waals surface area contributed by atoms with Crippen LogP contribution in [-0.4, -0.2) is 39.3 Å². The van der Waals surface area contributed by atoms with Crippen molar-refractivity contribution in [1.82, 2.24) is 4.98 Å². The number of pyridine rings is 1. The average molecular weight is 320 g/mol. The van der Waals surface area contributed by atoms with Crippen LogP contribution in [0.4, 0.5) is 4.39 Å². The van der Waals surface area contributed by atoms with Crippen LogP contribution in [0.25, 0.3) is 0 Å². The number of esters is 1. The zero-order chi connectivity index (χ0) is 16.2. The summed E-state index contributed by atoms with van der Waals surface area (Å²) in [7, 11) is -2.87. The predicted molar refractivity (Wildman–Crippen MR) is 71.6 cm³/mol. The van der Waals surface area contributed by atoms with E-state index in [4.69, 9.17) is 9.88 Å². The zero-order valence-corrected chi connectivity index (χ0v) is 12.7. The Hall–Kier alpha value is -1.58. The minimum atomic E-state index is -4.14. The van der Waals surface area contributed by atoms with Gasteiger partial charge < -0.3 is 9.47 Å². The fourth-order valence-corrected chi connectivity index (χ4v) is 2.78. The van der Waals surface area contributed by atoms with E-state index in [1.54, 1.807) is 0 Å². The Morgan fingerprint density at radius 1 is 1.52 bits per heavy atom. The number of alkyl halides is 1. The minimum absolute atomic E-state index is 0.239. The van der Waals surface area contributed by atoms with Crippen molar-refractivity contribution in [2.24, 2.45) is 5.14 Å². The van der Waals surface area contributed by atoms with Crippen molar-refractivity contribution in [3.63, 3.8) is 0 Å². The van der Waals surface area contributed by atoms with Crippen LogP contribution < -0.4 is 5.14 Å². The number of halogens is 1. The zero-order valence-electron chi connectivity index (χ0n) is 11.9. The van der Waals surface area contributed by atoms with Gasteiger partial charge in [-0.3, -0.25) is 4.98 Å². The van der Waals surface area contributed by atoms with Gasteiger partial charge in [0.05, 0.1) is 0 Å². The van der Waals surface area contributed by atoms with E-state index in [1.807, 2.05) is 0 Å². The number of methoxy groups -OCH3 is 1. The van der Waals surface area contributed by atoms with Gasteiger partial charge in [0, 0.05) is 13.3 Å². The molecule has 2 atom stereocenters. The molecular formula is C12H17FN2O5S. The summed E-state index contributed by atoms with van der Waals surface area (Å²) in [5.41, 5.74) is 0.0490. The molecule has 0 saturated heterocycles. The molecule has 0 amide bonds. The quantitative estimate of drug-likeness (QED) is 0.770. The van der Waals surface area contributed by atoms with Gasteiger partial charge in [0.2, 0.25) is 10.0 Å². The predicted octanol–water partition coefficient (Wildman–Crippen LogP) is 0.626. The van der Waals surface area contributed by atoms with Gasteiger partial charge in [0.15, 0.2) is 6.10 Å². The maximum absolute atomic E-state index is 13.8. The van der Waals surface area contributed by atoms with Crippen molar-refractivity contribution in [1.29, 1.82) is 0 Å². The van der Waals surface area contributed by atoms with Gasteiger partial charge in [0.25, 0.3) is 0 Å². The number of rotatable bonds is 6. The van der Waals surface area contributed by atoms with E-state index in [0.29, 0.717) is 0 Å². The summed E-state index contributed by atoms with van der Waals surface area (Å²) >= 11 is 0. The lowest BCUT2D eigenvalue weighted by Crippen LogP contribution is -2.26. The fraction of sp³-hybridized carbons (Fsp3) is 0.500. The van der Waals surface area contributed by atoms with Crippen LogP contribution in [0.15, 0.2) is 17.2 Å². The first-order valence-corrected chi connectivity index (χ1v) is 7.54. The molecule has 0 saturated carbocycles. The molecule has 0 bridgehead atoms. The highest BCUT2D eigenvalue weighted by Gasteiger charge is 2.31. The molecule has 2 unspecified atom stereocenters. The van der Waals surface area contributed by atoms with Crippen LogP contribution >= 0.6 is 0 Å². The Morgan fingerprint density at radius 2 is 2.14 bits per heavy atom. The second-order valence-corrected chi connectivity index (χ2v) is 5.91. The minimum Gasteiger partial charge on any atom is -0.451 e. The number of aryl methyl sites for hydroxylation is 1. The van der Waals surface area contributed by atoms with Crippen LogP contribution in [0.5, 0.6) is 0 Å². The number of sulfonamides is 1. The maximum Gasteiger partial charge on any atom is 0.332 e. The summed E-state index contributed by atoms with van der Waals surface area (Å²) in [6, 6.07) is 1.42. The molecule has 0 aromatic carbocycles. The Kier molecular flexibility index (Phi) is 5.76. The number of hydrogen-bond donors (Lipinski definition) is 1. The average Bonchev–Trinajstić information content (AvgIpc) is 2.34. The van der Waals surface area contributed by atoms with Gasteiger partial charge in [0.1, 0.15) is 23.4 Å². The van der Waals surface area contributed by atoms with Gasteiger partial charge >= 0.3 is 5.97 Å². The highest BCUT2D eigenvalue weighted by Crippen LogP contribution is 2.29. The van der Waals surface area contributed by atoms with Crippen molar-refractivity contribution in [3.05, 3.63) is 23.5 Å². The van der Waals surface area contributed by atoms with Crippen LogP contribution in [-0.2, 0) is 24.3 Å². The molecule has 118 valence electrons. The first-order chi connectivity index (χ1) is 9.68. The van der Waals surface area contributed by atoms with Crippen molar-refractivity contribution in [2.75, 3.05) is 13.7 Å². The molecule has 2 N–H and O–H groups in total. The second kappa shape index (κ2) is 6.92. The van der Waals surface area contributed by atoms with E-state index in [-0.39, 0.29) is 22.8 Å². The fourth-order valence-electron chi connectivity index (χ4n) is 1.80. The van der Waals surface area contributed by atoms with E-state index >= 15 is 0 Å². The number of primary sulfonamides is 1. The first-order valence-electron chi connectivity index (χ1n) is 5.99. The summed E-state index contributed by atoms with van der Waals surface area (Å²) in [5.74, 6) is -0.837. The molecule has 1 rings (SSSR count). The van der Waals surface area contributed by atoms with Gasteiger partial charge in [-0.05, 0) is 25.5 Å². The Morgan fingerprint density at radius 3 is 2.62 bits per heavy atom. The largest absolute Gasteiger partial charge is 0.451 e. The number of aromatic nitrogens is 1. The number of nitrogens with zero attached hydrogens (tertiary/aromatic N) is 1. The highest BCUT2D eigenvalue weighted by molar-refractivity contribution is 7.89. The topological polar surface area (TPSA) is 109 Å². The van der Waals surface area contributed by atoms with E-state index in [1.165, 1.54) is 26.3 Å². The van der Waals surface area contributed by atoms with E-state index < -0.39 is 28.3 Å². The lowest BCUT2D eigenvalue weighted by Gasteiger charge is -2.21. The van der Waals surface area contributed by atoms with Gasteiger partial charge in [-0.25, -0.2) is 22.7 Å². The van der Waals surface area contributed by atoms with Crippen molar-refractivity contribution >= 4 is 16.0 Å². The number of nitrogens with two attached hydrogens (primary N) is 1. The van der Waals surface area contributed by atoms with Gasteiger partial charge in [-0.15, -0.1) is 0 Å². The summed E-state index contributed by atoms with van der Waals surface area (Å²) < 4.78 is 46.6. The monoisotopic (exact) mass is 320 g/mol. The van der Waals surface area contributed by atoms with E-state index in [9.17, 15) is 17.6 Å². The first kappa shape index (κ1) is 17.5. The Labute approximate surface area is 122 Å². The number of hydrogen-bond acceptors (Lipinski definition) is 6. The molecule has 1 heterocycles. The maximum atomic E-state index is 13.8. The molecule has 0 aliphatic rings. The molecule has 0 aliphatic heterocycles. The van der Waals surface area contributed by atoms with Gasteiger partial charge in [-0.2, -0.15) is 0 Å². The van der Waals surface area contributed by atoms with Crippen LogP contribution in [0.3, 0.4) is 0 Å². The molecule has 0 aliphatic carbocycles. The Bertz CT molecular complexity index is 618. The summed E-state index contributed by atoms with van der Waals surface area (Å²) in [6.07, 6.45) is -1.87. The van der Waals surface area contributed by atoms with Crippen molar-refractivity contribution < 1.29 is 27.1 Å². The smallest absolute Gasteiger partial charge is 0.332 e. The molecule has 0 fully saturated rings. The molecule has 1 aromatic heterocycles. The van der Waals surface area contributed by atoms with E-state index in [0.717, 1.165) is 6.92 Å². The number of carbonyl (C=O) groups is 1. The molecule has 21 heavy (non-hydrogen) atoms. The summed E-state index contributed by atoms with van der Waals surface area (Å²) in [4.78, 5) is 14.9. The molecule has 7 nitrogen and oxygen atoms in total. The standard InChI is InChI=1S/C12H17FN2O5S/c1-7-4-5-15-10(12(7)21(14,17)18)11(8(2)13)20-9(16)6-19-3/h4-5,8,11H,6H2,1-3H3,(H2,14,17,18). The van der Waals surface area contributed by atoms with E-state index in [2.05, 4.69) is 9.72 Å². The van der Waals surface area contributed by atoms with Crippen LogP contribution in [0, 0.1) is 6.92 Å². The third kappa shape index (κ3) is 4.45. The lowest BCUT2D eigenvalue weighted by atomic mass is 10.1. The molecule has 9 heteroatoms. The Balaban J connectivity index is 3.33. The van der Waals surface area contributed by atoms with Crippen LogP contribution in [0.2, 0.25) is 0 Å². The van der Waals surface area contributed by atoms with Gasteiger partial charge in [-0.1, -0.05) is 0 Å². The normalized spacial score (nSPS) is 14.5. The SMILES string of the molecule is COCC(=O)OC(c1nccc(C)c1S(N)(=O)=O)C(C)F. The summed E-state index contributed by atoms with van der Waals surface area (Å²) in [5, 5.41) is 5.13. The third-order valence-electron chi connectivity index (χ3n) is 2.62. The van der Waals surface area contributed by atoms with Crippen molar-refractivity contribution in [3.8, 4) is 0 Å². The second-order valence-electron chi connectivity index (χ2n) is 4.41. The molecule has 0 radical (unpaired) electrons. The summed E-state index contributed by atoms with van der Waals surface area (Å²) in [6.45, 7) is 2.23.